The van der Waals surface area contributed by atoms with Crippen molar-refractivity contribution in [1.82, 2.24) is 19.4 Å². The molecule has 3 aliphatic heterocycles. The van der Waals surface area contributed by atoms with Gasteiger partial charge in [-0.25, -0.2) is 4.39 Å². The number of carbonyl (C=O) groups excluding carboxylic acids is 4. The fourth-order valence-electron chi connectivity index (χ4n) is 8.02. The Morgan fingerprint density at radius 2 is 1.67 bits per heavy atom. The molecule has 1 aromatic rings. The first kappa shape index (κ1) is 39.2. The highest BCUT2D eigenvalue weighted by Crippen LogP contribution is 2.47. The second kappa shape index (κ2) is 19.2. The number of piperidine rings is 3. The minimum absolute atomic E-state index is 0.194. The van der Waals surface area contributed by atoms with E-state index in [0.29, 0.717) is 47.5 Å². The molecule has 1 aliphatic carbocycles. The van der Waals surface area contributed by atoms with E-state index in [0.717, 1.165) is 75.7 Å². The number of likely N-dealkylation sites (N-methyl/N-ethyl adjacent to an activating group) is 1. The van der Waals surface area contributed by atoms with E-state index in [2.05, 4.69) is 26.1 Å². The molecule has 3 heterocycles. The summed E-state index contributed by atoms with van der Waals surface area (Å²) in [5.41, 5.74) is 8.44. The molecule has 274 valence electrons. The maximum atomic E-state index is 14.6. The Balaban J connectivity index is 0.000000355. The van der Waals surface area contributed by atoms with Crippen LogP contribution in [-0.4, -0.2) is 109 Å². The first-order chi connectivity index (χ1) is 23.6. The van der Waals surface area contributed by atoms with Gasteiger partial charge in [-0.05, 0) is 120 Å². The van der Waals surface area contributed by atoms with E-state index in [1.54, 1.807) is 13.0 Å². The van der Waals surface area contributed by atoms with E-state index >= 15 is 0 Å². The van der Waals surface area contributed by atoms with Crippen molar-refractivity contribution in [3.63, 3.8) is 0 Å². The third kappa shape index (κ3) is 11.2. The fraction of sp³-hybridized carbons (Fsp3) is 0.730. The largest absolute Gasteiger partial charge is 0.369 e. The van der Waals surface area contributed by atoms with E-state index in [9.17, 15) is 23.6 Å². The van der Waals surface area contributed by atoms with Crippen LogP contribution in [0.5, 0.6) is 0 Å². The topological polar surface area (TPSA) is 119 Å². The molecule has 0 bridgehead atoms. The second-order valence-corrected chi connectivity index (χ2v) is 16.2. The monoisotopic (exact) mass is 702 g/mol. The van der Waals surface area contributed by atoms with Crippen LogP contribution in [0.15, 0.2) is 12.1 Å². The number of nitrogens with two attached hydrogens (primary N) is 1. The maximum absolute atomic E-state index is 14.6. The van der Waals surface area contributed by atoms with Crippen LogP contribution in [0.4, 0.5) is 10.1 Å². The smallest absolute Gasteiger partial charge is 0.249 e. The van der Waals surface area contributed by atoms with Crippen LogP contribution >= 0.6 is 11.9 Å². The zero-order valence-corrected chi connectivity index (χ0v) is 30.7. The van der Waals surface area contributed by atoms with Gasteiger partial charge < -0.3 is 20.4 Å². The zero-order chi connectivity index (χ0) is 35.4. The van der Waals surface area contributed by atoms with Crippen molar-refractivity contribution in [1.29, 1.82) is 0 Å². The van der Waals surface area contributed by atoms with Crippen molar-refractivity contribution in [2.24, 2.45) is 17.1 Å². The number of amides is 3. The number of hydrogen-bond donors (Lipinski definition) is 2. The third-order valence-corrected chi connectivity index (χ3v) is 12.8. The summed E-state index contributed by atoms with van der Waals surface area (Å²) in [5, 5.41) is 2.81. The quantitative estimate of drug-likeness (QED) is 0.235. The Bertz CT molecular complexity index is 1220. The number of rotatable bonds is 12. The molecular formula is C37H59FN6O4S. The van der Waals surface area contributed by atoms with Crippen molar-refractivity contribution in [3.8, 4) is 0 Å². The normalized spacial score (nSPS) is 21.8. The molecule has 4 fully saturated rings. The highest BCUT2D eigenvalue weighted by Gasteiger charge is 2.39. The van der Waals surface area contributed by atoms with Crippen LogP contribution in [0.2, 0.25) is 0 Å². The predicted octanol–water partition coefficient (Wildman–Crippen LogP) is 4.78. The summed E-state index contributed by atoms with van der Waals surface area (Å²) in [6.45, 7) is 11.6. The van der Waals surface area contributed by atoms with Crippen molar-refractivity contribution >= 4 is 42.6 Å². The lowest BCUT2D eigenvalue weighted by atomic mass is 9.65. The van der Waals surface area contributed by atoms with Crippen LogP contribution in [0, 0.1) is 24.1 Å². The lowest BCUT2D eigenvalue weighted by Crippen LogP contribution is -2.44. The molecule has 3 N–H and O–H groups in total. The van der Waals surface area contributed by atoms with Gasteiger partial charge in [0.25, 0.3) is 0 Å². The van der Waals surface area contributed by atoms with E-state index in [-0.39, 0.29) is 5.82 Å². The van der Waals surface area contributed by atoms with Gasteiger partial charge in [0.2, 0.25) is 18.7 Å². The Hall–Kier alpha value is -2.54. The van der Waals surface area contributed by atoms with Gasteiger partial charge in [0, 0.05) is 56.6 Å². The van der Waals surface area contributed by atoms with Crippen LogP contribution in [-0.2, 0) is 14.4 Å². The van der Waals surface area contributed by atoms with Crippen molar-refractivity contribution in [2.75, 3.05) is 57.8 Å². The van der Waals surface area contributed by atoms with Gasteiger partial charge in [0.15, 0.2) is 0 Å². The van der Waals surface area contributed by atoms with Gasteiger partial charge >= 0.3 is 0 Å². The number of nitrogens with one attached hydrogen (secondary N) is 1. The van der Waals surface area contributed by atoms with Crippen LogP contribution in [0.25, 0.3) is 0 Å². The molecule has 0 radical (unpaired) electrons. The summed E-state index contributed by atoms with van der Waals surface area (Å²) >= 11 is 2.11. The Labute approximate surface area is 297 Å². The molecule has 3 amide bonds. The molecule has 4 aliphatic rings. The average Bonchev–Trinajstić information content (AvgIpc) is 3.11. The second-order valence-electron chi connectivity index (χ2n) is 14.8. The highest BCUT2D eigenvalue weighted by molar-refractivity contribution is 7.97. The number of aryl methyl sites for hydroxylation is 1. The minimum atomic E-state index is -0.548. The van der Waals surface area contributed by atoms with Crippen molar-refractivity contribution in [2.45, 2.75) is 108 Å². The van der Waals surface area contributed by atoms with Crippen molar-refractivity contribution in [3.05, 3.63) is 29.1 Å². The summed E-state index contributed by atoms with van der Waals surface area (Å²) in [7, 11) is 1.51. The number of hydrogen-bond acceptors (Lipinski definition) is 9. The summed E-state index contributed by atoms with van der Waals surface area (Å²) in [6.07, 6.45) is 15.6. The summed E-state index contributed by atoms with van der Waals surface area (Å²) in [5.74, 6) is 0.206. The summed E-state index contributed by atoms with van der Waals surface area (Å²) < 4.78 is 17.2. The molecule has 1 aromatic carbocycles. The number of aldehydes is 1. The van der Waals surface area contributed by atoms with Gasteiger partial charge in [-0.2, -0.15) is 0 Å². The molecule has 12 heteroatoms. The molecule has 5 rings (SSSR count). The standard InChI is InChI=1S/C29H45FN4OS.C8H14N2O3/c1-22-18-27(30)28(19-24(22)21-35)33-16-10-29(11-17-33)8-2-23(3-9-29)20-32-12-6-26(7-13-32)36-34-14-4-25(31)5-15-34;1-3-4-7(10(2)6-12)8(13)9-5-11/h18-19,21,23,25-26H,2-17,20,31H2,1H3;5-7H,3-4H2,1-2H3,(H,9,11,13). The lowest BCUT2D eigenvalue weighted by molar-refractivity contribution is -0.134. The number of likely N-dealkylation sites (tertiary alicyclic amines) is 1. The van der Waals surface area contributed by atoms with E-state index in [1.165, 1.54) is 76.2 Å². The van der Waals surface area contributed by atoms with Crippen molar-refractivity contribution < 1.29 is 23.6 Å². The fourth-order valence-corrected chi connectivity index (χ4v) is 9.28. The lowest BCUT2D eigenvalue weighted by Gasteiger charge is -2.47. The van der Waals surface area contributed by atoms with Gasteiger partial charge in [0.1, 0.15) is 18.1 Å². The molecule has 3 saturated heterocycles. The van der Waals surface area contributed by atoms with E-state index in [1.807, 2.05) is 12.2 Å². The predicted molar refractivity (Wildman–Crippen MR) is 195 cm³/mol. The van der Waals surface area contributed by atoms with Gasteiger partial charge in [-0.3, -0.25) is 28.8 Å². The molecular weight excluding hydrogens is 644 g/mol. The molecule has 1 spiro atoms. The number of carbonyl (C=O) groups is 4. The van der Waals surface area contributed by atoms with Crippen LogP contribution in [0.1, 0.15) is 99.9 Å². The molecule has 1 unspecified atom stereocenters. The van der Waals surface area contributed by atoms with Crippen LogP contribution in [0.3, 0.4) is 0 Å². The number of halogens is 1. The average molecular weight is 703 g/mol. The SMILES string of the molecule is CCCC(C(=O)NC=O)N(C)C=O.Cc1cc(F)c(N2CCC3(CCC(CN4CCC(SN5CCC(N)CC5)CC4)CC3)CC2)cc1C=O. The van der Waals surface area contributed by atoms with E-state index in [4.69, 9.17) is 5.73 Å². The van der Waals surface area contributed by atoms with Crippen LogP contribution < -0.4 is 16.0 Å². The van der Waals surface area contributed by atoms with Gasteiger partial charge in [-0.15, -0.1) is 0 Å². The molecule has 1 atom stereocenters. The summed E-state index contributed by atoms with van der Waals surface area (Å²) in [4.78, 5) is 49.1. The van der Waals surface area contributed by atoms with E-state index < -0.39 is 11.9 Å². The minimum Gasteiger partial charge on any atom is -0.369 e. The highest BCUT2D eigenvalue weighted by atomic mass is 32.2. The Kier molecular flexibility index (Phi) is 15.4. The number of benzene rings is 1. The molecule has 49 heavy (non-hydrogen) atoms. The third-order valence-electron chi connectivity index (χ3n) is 11.4. The molecule has 10 nitrogen and oxygen atoms in total. The first-order valence-corrected chi connectivity index (χ1v) is 19.2. The Morgan fingerprint density at radius 3 is 2.24 bits per heavy atom. The number of imide groups is 1. The first-order valence-electron chi connectivity index (χ1n) is 18.4. The van der Waals surface area contributed by atoms with Gasteiger partial charge in [0.05, 0.1) is 5.69 Å². The number of nitrogens with zero attached hydrogens (tertiary/aromatic N) is 4. The number of anilines is 1. The summed E-state index contributed by atoms with van der Waals surface area (Å²) in [6, 6.07) is 3.13. The Morgan fingerprint density at radius 1 is 1.02 bits per heavy atom. The molecule has 0 aromatic heterocycles. The molecule has 1 saturated carbocycles. The van der Waals surface area contributed by atoms with Gasteiger partial charge in [-0.1, -0.05) is 25.3 Å². The maximum Gasteiger partial charge on any atom is 0.249 e. The zero-order valence-electron chi connectivity index (χ0n) is 29.9.